The summed E-state index contributed by atoms with van der Waals surface area (Å²) in [5.74, 6) is 0.117. The van der Waals surface area contributed by atoms with E-state index in [0.717, 1.165) is 0 Å². The van der Waals surface area contributed by atoms with Gasteiger partial charge in [-0.15, -0.1) is 0 Å². The molecule has 0 amide bonds. The van der Waals surface area contributed by atoms with Crippen LogP contribution in [0, 0.1) is 10.1 Å². The first-order valence-electron chi connectivity index (χ1n) is 6.29. The molecule has 2 heterocycles. The number of aliphatic imine (C=N–C) groups is 1. The Labute approximate surface area is 123 Å². The van der Waals surface area contributed by atoms with Crippen molar-refractivity contribution in [1.82, 2.24) is 4.98 Å². The highest BCUT2D eigenvalue weighted by Gasteiger charge is 2.31. The van der Waals surface area contributed by atoms with Crippen LogP contribution >= 0.6 is 0 Å². The van der Waals surface area contributed by atoms with E-state index in [4.69, 9.17) is 4.74 Å². The molecule has 1 aromatic carbocycles. The molecule has 6 nitrogen and oxygen atoms in total. The maximum Gasteiger partial charge on any atom is 0.295 e. The number of nitro benzene ring substituents is 1. The topological polar surface area (TPSA) is 77.6 Å². The number of aromatic nitrogens is 1. The van der Waals surface area contributed by atoms with Crippen molar-refractivity contribution >= 4 is 11.4 Å². The minimum absolute atomic E-state index is 0.117. The number of pyridine rings is 1. The van der Waals surface area contributed by atoms with E-state index >= 15 is 0 Å². The second-order valence-corrected chi connectivity index (χ2v) is 4.47. The van der Waals surface area contributed by atoms with E-state index in [-0.39, 0.29) is 22.7 Å². The lowest BCUT2D eigenvalue weighted by Gasteiger charge is -2.23. The van der Waals surface area contributed by atoms with Gasteiger partial charge in [-0.05, 0) is 18.2 Å². The maximum absolute atomic E-state index is 13.0. The largest absolute Gasteiger partial charge is 0.462 e. The Morgan fingerprint density at radius 3 is 2.73 bits per heavy atom. The quantitative estimate of drug-likeness (QED) is 0.645. The first kappa shape index (κ1) is 14.1. The van der Waals surface area contributed by atoms with Crippen LogP contribution in [0.4, 0.5) is 14.5 Å². The highest BCUT2D eigenvalue weighted by Crippen LogP contribution is 2.32. The van der Waals surface area contributed by atoms with Crippen LogP contribution in [0.1, 0.15) is 11.3 Å². The van der Waals surface area contributed by atoms with Gasteiger partial charge in [-0.25, -0.2) is 13.8 Å². The number of fused-ring (bicyclic) bond motifs is 1. The molecule has 22 heavy (non-hydrogen) atoms. The molecule has 1 unspecified atom stereocenters. The average Bonchev–Trinajstić information content (AvgIpc) is 2.54. The molecule has 1 aliphatic rings. The monoisotopic (exact) mass is 305 g/mol. The van der Waals surface area contributed by atoms with E-state index in [9.17, 15) is 18.9 Å². The van der Waals surface area contributed by atoms with Crippen LogP contribution in [-0.2, 0) is 0 Å². The number of nitro groups is 1. The third-order valence-electron chi connectivity index (χ3n) is 3.06. The summed E-state index contributed by atoms with van der Waals surface area (Å²) in [5.41, 5.74) is 0.584. The van der Waals surface area contributed by atoms with Gasteiger partial charge in [-0.2, -0.15) is 0 Å². The second-order valence-electron chi connectivity index (χ2n) is 4.47. The number of benzene rings is 1. The van der Waals surface area contributed by atoms with Gasteiger partial charge in [0.25, 0.3) is 18.3 Å². The SMILES string of the molecule is O=[N+]([O-])c1ccc2c(c1)C(c1ccccn1)=NC(C(F)F)O2. The molecule has 2 aromatic rings. The number of non-ortho nitro benzene ring substituents is 1. The van der Waals surface area contributed by atoms with Gasteiger partial charge in [0.15, 0.2) is 0 Å². The van der Waals surface area contributed by atoms with Crippen LogP contribution in [0.5, 0.6) is 5.75 Å². The minimum Gasteiger partial charge on any atom is -0.462 e. The molecule has 0 N–H and O–H groups in total. The van der Waals surface area contributed by atoms with Crippen LogP contribution in [0.2, 0.25) is 0 Å². The minimum atomic E-state index is -2.82. The first-order chi connectivity index (χ1) is 10.6. The third-order valence-corrected chi connectivity index (χ3v) is 3.06. The van der Waals surface area contributed by atoms with Gasteiger partial charge in [0, 0.05) is 18.3 Å². The van der Waals surface area contributed by atoms with Gasteiger partial charge < -0.3 is 4.74 Å². The third kappa shape index (κ3) is 2.50. The summed E-state index contributed by atoms with van der Waals surface area (Å²) in [6, 6.07) is 8.67. The molecular formula is C14H9F2N3O3. The summed E-state index contributed by atoms with van der Waals surface area (Å²) in [6.07, 6.45) is -2.99. The van der Waals surface area contributed by atoms with Crippen molar-refractivity contribution in [2.75, 3.05) is 0 Å². The number of hydrogen-bond donors (Lipinski definition) is 0. The van der Waals surface area contributed by atoms with Crippen LogP contribution in [-0.4, -0.2) is 28.3 Å². The standard InChI is InChI=1S/C14H9F2N3O3/c15-13(16)14-18-12(10-3-1-2-6-17-10)9-7-8(19(20)21)4-5-11(9)22-14/h1-7,13-14H. The molecule has 0 saturated carbocycles. The number of nitrogens with zero attached hydrogens (tertiary/aromatic N) is 3. The Hall–Kier alpha value is -2.90. The smallest absolute Gasteiger partial charge is 0.295 e. The fraction of sp³-hybridized carbons (Fsp3) is 0.143. The molecular weight excluding hydrogens is 296 g/mol. The number of rotatable bonds is 3. The van der Waals surface area contributed by atoms with Crippen molar-refractivity contribution in [1.29, 1.82) is 0 Å². The van der Waals surface area contributed by atoms with Crippen molar-refractivity contribution in [2.24, 2.45) is 4.99 Å². The Bertz CT molecular complexity index is 750. The molecule has 0 spiro atoms. The second kappa shape index (κ2) is 5.47. The van der Waals surface area contributed by atoms with E-state index < -0.39 is 17.6 Å². The molecule has 0 saturated heterocycles. The molecule has 1 atom stereocenters. The van der Waals surface area contributed by atoms with Crippen LogP contribution in [0.15, 0.2) is 47.6 Å². The Morgan fingerprint density at radius 1 is 1.27 bits per heavy atom. The van der Waals surface area contributed by atoms with Crippen molar-refractivity contribution in [2.45, 2.75) is 12.7 Å². The molecule has 0 aliphatic carbocycles. The normalized spacial score (nSPS) is 16.7. The molecule has 0 fully saturated rings. The fourth-order valence-corrected chi connectivity index (χ4v) is 2.09. The molecule has 112 valence electrons. The van der Waals surface area contributed by atoms with Crippen LogP contribution in [0.25, 0.3) is 0 Å². The Balaban J connectivity index is 2.16. The summed E-state index contributed by atoms with van der Waals surface area (Å²) < 4.78 is 31.0. The highest BCUT2D eigenvalue weighted by atomic mass is 19.3. The summed E-state index contributed by atoms with van der Waals surface area (Å²) in [5, 5.41) is 10.9. The lowest BCUT2D eigenvalue weighted by Crippen LogP contribution is -2.30. The van der Waals surface area contributed by atoms with Crippen LogP contribution in [0.3, 0.4) is 0 Å². The predicted molar refractivity (Wildman–Crippen MR) is 73.4 cm³/mol. The van der Waals surface area contributed by atoms with Gasteiger partial charge >= 0.3 is 0 Å². The van der Waals surface area contributed by atoms with Gasteiger partial charge in [0.2, 0.25) is 0 Å². The molecule has 3 rings (SSSR count). The number of ether oxygens (including phenoxy) is 1. The summed E-state index contributed by atoms with van der Waals surface area (Å²) in [4.78, 5) is 18.2. The summed E-state index contributed by atoms with van der Waals surface area (Å²) in [6.45, 7) is 0. The zero-order chi connectivity index (χ0) is 15.7. The first-order valence-corrected chi connectivity index (χ1v) is 6.29. The number of alkyl halides is 2. The van der Waals surface area contributed by atoms with E-state index in [1.807, 2.05) is 0 Å². The zero-order valence-corrected chi connectivity index (χ0v) is 11.0. The molecule has 8 heteroatoms. The Kier molecular flexibility index (Phi) is 3.50. The van der Waals surface area contributed by atoms with E-state index in [1.54, 1.807) is 18.2 Å². The molecule has 0 radical (unpaired) electrons. The lowest BCUT2D eigenvalue weighted by atomic mass is 10.0. The number of hydrogen-bond acceptors (Lipinski definition) is 5. The zero-order valence-electron chi connectivity index (χ0n) is 11.0. The summed E-state index contributed by atoms with van der Waals surface area (Å²) in [7, 11) is 0. The molecule has 1 aliphatic heterocycles. The van der Waals surface area contributed by atoms with Crippen molar-refractivity contribution in [3.63, 3.8) is 0 Å². The van der Waals surface area contributed by atoms with Crippen LogP contribution < -0.4 is 4.74 Å². The molecule has 1 aromatic heterocycles. The number of halogens is 2. The van der Waals surface area contributed by atoms with Gasteiger partial charge in [-0.1, -0.05) is 6.07 Å². The van der Waals surface area contributed by atoms with Gasteiger partial charge in [-0.3, -0.25) is 15.1 Å². The van der Waals surface area contributed by atoms with Crippen molar-refractivity contribution in [3.8, 4) is 5.75 Å². The fourth-order valence-electron chi connectivity index (χ4n) is 2.09. The van der Waals surface area contributed by atoms with Gasteiger partial charge in [0.05, 0.1) is 21.9 Å². The Morgan fingerprint density at radius 2 is 2.09 bits per heavy atom. The van der Waals surface area contributed by atoms with Crippen molar-refractivity contribution < 1.29 is 18.4 Å². The van der Waals surface area contributed by atoms with Gasteiger partial charge in [0.1, 0.15) is 5.75 Å². The van der Waals surface area contributed by atoms with E-state index in [1.165, 1.54) is 24.4 Å². The van der Waals surface area contributed by atoms with E-state index in [0.29, 0.717) is 5.69 Å². The maximum atomic E-state index is 13.0. The lowest BCUT2D eigenvalue weighted by molar-refractivity contribution is -0.384. The molecule has 0 bridgehead atoms. The van der Waals surface area contributed by atoms with E-state index in [2.05, 4.69) is 9.98 Å². The summed E-state index contributed by atoms with van der Waals surface area (Å²) >= 11 is 0. The van der Waals surface area contributed by atoms with Crippen molar-refractivity contribution in [3.05, 3.63) is 64.0 Å². The predicted octanol–water partition coefficient (Wildman–Crippen LogP) is 2.81. The highest BCUT2D eigenvalue weighted by molar-refractivity contribution is 6.14. The average molecular weight is 305 g/mol.